The maximum absolute atomic E-state index is 11.1. The van der Waals surface area contributed by atoms with Gasteiger partial charge < -0.3 is 5.11 Å². The van der Waals surface area contributed by atoms with Crippen LogP contribution in [0.4, 0.5) is 5.69 Å². The third-order valence-corrected chi connectivity index (χ3v) is 3.23. The lowest BCUT2D eigenvalue weighted by Crippen LogP contribution is -2.15. The zero-order valence-corrected chi connectivity index (χ0v) is 11.8. The molecule has 0 fully saturated rings. The number of hydrogen-bond acceptors (Lipinski definition) is 3. The number of aryl methyl sites for hydroxylation is 2. The van der Waals surface area contributed by atoms with E-state index >= 15 is 0 Å². The van der Waals surface area contributed by atoms with Crippen molar-refractivity contribution in [2.45, 2.75) is 19.3 Å². The highest BCUT2D eigenvalue weighted by atomic mass is 16.4. The van der Waals surface area contributed by atoms with Crippen LogP contribution in [0.2, 0.25) is 0 Å². The summed E-state index contributed by atoms with van der Waals surface area (Å²) in [4.78, 5) is 29.0. The van der Waals surface area contributed by atoms with Gasteiger partial charge in [0.25, 0.3) is 0 Å². The molecular weight excluding hydrogens is 280 g/mol. The molecule has 2 aromatic rings. The molecule has 0 aliphatic rings. The lowest BCUT2D eigenvalue weighted by molar-refractivity contribution is -0.148. The van der Waals surface area contributed by atoms with Crippen molar-refractivity contribution < 1.29 is 14.7 Å². The lowest BCUT2D eigenvalue weighted by Gasteiger charge is -2.03. The van der Waals surface area contributed by atoms with E-state index in [9.17, 15) is 9.59 Å². The second kappa shape index (κ2) is 7.14. The van der Waals surface area contributed by atoms with Crippen LogP contribution in [0, 0.1) is 6.57 Å². The van der Waals surface area contributed by atoms with Crippen LogP contribution >= 0.6 is 0 Å². The summed E-state index contributed by atoms with van der Waals surface area (Å²) in [5, 5.41) is 8.55. The lowest BCUT2D eigenvalue weighted by atomic mass is 10.0. The molecule has 0 aliphatic carbocycles. The zero-order chi connectivity index (χ0) is 15.9. The zero-order valence-electron chi connectivity index (χ0n) is 11.8. The number of nitrogens with zero attached hydrogens (tertiary/aromatic N) is 2. The van der Waals surface area contributed by atoms with Gasteiger partial charge in [-0.2, -0.15) is 0 Å². The molecule has 0 amide bonds. The van der Waals surface area contributed by atoms with Crippen LogP contribution < -0.4 is 0 Å². The monoisotopic (exact) mass is 294 g/mol. The van der Waals surface area contributed by atoms with Gasteiger partial charge in [0.05, 0.1) is 13.0 Å². The van der Waals surface area contributed by atoms with E-state index in [4.69, 9.17) is 11.7 Å². The quantitative estimate of drug-likeness (QED) is 0.656. The first-order valence-electron chi connectivity index (χ1n) is 6.75. The number of carbonyl (C=O) groups excluding carboxylic acids is 1. The fourth-order valence-electron chi connectivity index (χ4n) is 1.97. The van der Waals surface area contributed by atoms with E-state index in [-0.39, 0.29) is 6.42 Å². The number of benzene rings is 1. The molecule has 5 heteroatoms. The first-order valence-corrected chi connectivity index (χ1v) is 6.75. The Morgan fingerprint density at radius 3 is 2.23 bits per heavy atom. The predicted molar refractivity (Wildman–Crippen MR) is 80.7 cm³/mol. The van der Waals surface area contributed by atoms with Crippen LogP contribution in [0.5, 0.6) is 0 Å². The van der Waals surface area contributed by atoms with Crippen LogP contribution in [-0.2, 0) is 28.9 Å². The van der Waals surface area contributed by atoms with Gasteiger partial charge in [0.2, 0.25) is 5.78 Å². The first-order chi connectivity index (χ1) is 10.6. The standard InChI is InChI=1S/C17H14N2O3/c1-18-14-7-4-12(5-8-14)2-3-13-6-9-15(19-11-13)10-16(20)17(21)22/h4-9,11H,2-3,10H2,(H,21,22). The van der Waals surface area contributed by atoms with Crippen molar-refractivity contribution in [3.05, 3.63) is 70.8 Å². The van der Waals surface area contributed by atoms with Crippen molar-refractivity contribution in [2.24, 2.45) is 0 Å². The molecule has 0 saturated carbocycles. The molecule has 5 nitrogen and oxygen atoms in total. The van der Waals surface area contributed by atoms with Gasteiger partial charge in [0.1, 0.15) is 0 Å². The Morgan fingerprint density at radius 1 is 1.05 bits per heavy atom. The maximum Gasteiger partial charge on any atom is 0.372 e. The summed E-state index contributed by atoms with van der Waals surface area (Å²) in [5.74, 6) is -2.30. The number of Topliss-reactive ketones (excluding diaryl/α,β-unsaturated/α-hetero) is 1. The fraction of sp³-hybridized carbons (Fsp3) is 0.176. The molecule has 0 spiro atoms. The fourth-order valence-corrected chi connectivity index (χ4v) is 1.97. The highest BCUT2D eigenvalue weighted by Gasteiger charge is 2.12. The van der Waals surface area contributed by atoms with Crippen molar-refractivity contribution >= 4 is 17.4 Å². The van der Waals surface area contributed by atoms with E-state index in [2.05, 4.69) is 9.83 Å². The van der Waals surface area contributed by atoms with Gasteiger partial charge >= 0.3 is 5.97 Å². The normalized spacial score (nSPS) is 9.95. The molecule has 110 valence electrons. The number of hydrogen-bond donors (Lipinski definition) is 1. The number of pyridine rings is 1. The highest BCUT2D eigenvalue weighted by Crippen LogP contribution is 2.14. The number of carbonyl (C=O) groups is 2. The SMILES string of the molecule is [C-]#[N+]c1ccc(CCc2ccc(CC(=O)C(=O)O)nc2)cc1. The van der Waals surface area contributed by atoms with Gasteiger partial charge in [-0.1, -0.05) is 35.9 Å². The molecule has 1 heterocycles. The molecule has 1 aromatic heterocycles. The predicted octanol–water partition coefficient (Wildman–Crippen LogP) is 2.61. The van der Waals surface area contributed by atoms with Gasteiger partial charge in [-0.05, 0) is 24.5 Å². The van der Waals surface area contributed by atoms with Gasteiger partial charge in [0, 0.05) is 11.9 Å². The third kappa shape index (κ3) is 4.25. The van der Waals surface area contributed by atoms with E-state index in [1.165, 1.54) is 0 Å². The van der Waals surface area contributed by atoms with Crippen LogP contribution in [0.25, 0.3) is 4.85 Å². The van der Waals surface area contributed by atoms with Crippen molar-refractivity contribution in [2.75, 3.05) is 0 Å². The molecule has 0 saturated heterocycles. The van der Waals surface area contributed by atoms with Crippen molar-refractivity contribution in [1.82, 2.24) is 4.98 Å². The number of carboxylic acid groups (broad SMARTS) is 1. The van der Waals surface area contributed by atoms with Crippen LogP contribution in [0.15, 0.2) is 42.6 Å². The molecule has 0 atom stereocenters. The first kappa shape index (κ1) is 15.4. The summed E-state index contributed by atoms with van der Waals surface area (Å²) >= 11 is 0. The molecule has 22 heavy (non-hydrogen) atoms. The number of aromatic nitrogens is 1. The van der Waals surface area contributed by atoms with E-state index in [1.807, 2.05) is 18.2 Å². The summed E-state index contributed by atoms with van der Waals surface area (Å²) in [6.07, 6.45) is 3.09. The van der Waals surface area contributed by atoms with Crippen LogP contribution in [0.1, 0.15) is 16.8 Å². The van der Waals surface area contributed by atoms with Gasteiger partial charge in [-0.3, -0.25) is 9.78 Å². The molecule has 0 unspecified atom stereocenters. The minimum absolute atomic E-state index is 0.187. The third-order valence-electron chi connectivity index (χ3n) is 3.23. The van der Waals surface area contributed by atoms with E-state index in [1.54, 1.807) is 24.4 Å². The average molecular weight is 294 g/mol. The molecule has 0 radical (unpaired) electrons. The molecule has 1 N–H and O–H groups in total. The van der Waals surface area contributed by atoms with Gasteiger partial charge in [-0.25, -0.2) is 9.64 Å². The van der Waals surface area contributed by atoms with E-state index in [0.29, 0.717) is 11.4 Å². The number of rotatable bonds is 6. The summed E-state index contributed by atoms with van der Waals surface area (Å²) in [7, 11) is 0. The Bertz CT molecular complexity index is 713. The Morgan fingerprint density at radius 2 is 1.68 bits per heavy atom. The Hall–Kier alpha value is -3.00. The number of aliphatic carboxylic acids is 1. The maximum atomic E-state index is 11.1. The smallest absolute Gasteiger partial charge is 0.372 e. The van der Waals surface area contributed by atoms with E-state index < -0.39 is 11.8 Å². The van der Waals surface area contributed by atoms with Gasteiger partial charge in [0.15, 0.2) is 5.69 Å². The Labute approximate surface area is 128 Å². The largest absolute Gasteiger partial charge is 0.475 e. The van der Waals surface area contributed by atoms with Crippen molar-refractivity contribution in [3.8, 4) is 0 Å². The summed E-state index contributed by atoms with van der Waals surface area (Å²) < 4.78 is 0. The molecule has 1 aromatic carbocycles. The highest BCUT2D eigenvalue weighted by molar-refractivity contribution is 6.33. The van der Waals surface area contributed by atoms with Crippen LogP contribution in [-0.4, -0.2) is 21.8 Å². The van der Waals surface area contributed by atoms with Crippen LogP contribution in [0.3, 0.4) is 0 Å². The molecular formula is C17H14N2O3. The van der Waals surface area contributed by atoms with Gasteiger partial charge in [-0.15, -0.1) is 0 Å². The molecule has 0 bridgehead atoms. The molecule has 2 rings (SSSR count). The number of carboxylic acids is 1. The second-order valence-corrected chi connectivity index (χ2v) is 4.84. The summed E-state index contributed by atoms with van der Waals surface area (Å²) in [5.41, 5.74) is 3.23. The minimum atomic E-state index is -1.44. The summed E-state index contributed by atoms with van der Waals surface area (Å²) in [6, 6.07) is 11.0. The average Bonchev–Trinajstić information content (AvgIpc) is 2.54. The van der Waals surface area contributed by atoms with Crippen molar-refractivity contribution in [1.29, 1.82) is 0 Å². The second-order valence-electron chi connectivity index (χ2n) is 4.84. The number of ketones is 1. The minimum Gasteiger partial charge on any atom is -0.475 e. The Kier molecular flexibility index (Phi) is 4.99. The summed E-state index contributed by atoms with van der Waals surface area (Å²) in [6.45, 7) is 6.90. The van der Waals surface area contributed by atoms with E-state index in [0.717, 1.165) is 24.0 Å². The van der Waals surface area contributed by atoms with Crippen molar-refractivity contribution in [3.63, 3.8) is 0 Å². The topological polar surface area (TPSA) is 71.6 Å². The Balaban J connectivity index is 1.92. The molecule has 0 aliphatic heterocycles.